The average Bonchev–Trinajstić information content (AvgIpc) is 2.54. The van der Waals surface area contributed by atoms with Gasteiger partial charge in [-0.2, -0.15) is 0 Å². The Bertz CT molecular complexity index is 594. The van der Waals surface area contributed by atoms with Crippen molar-refractivity contribution in [3.05, 3.63) is 71.3 Å². The maximum Gasteiger partial charge on any atom is 0.222 e. The van der Waals surface area contributed by atoms with Gasteiger partial charge in [-0.3, -0.25) is 4.79 Å². The van der Waals surface area contributed by atoms with Gasteiger partial charge in [0.15, 0.2) is 0 Å². The molecule has 22 heavy (non-hydrogen) atoms. The van der Waals surface area contributed by atoms with E-state index < -0.39 is 6.10 Å². The average molecular weight is 298 g/mol. The minimum absolute atomic E-state index is 0.0732. The van der Waals surface area contributed by atoms with E-state index in [4.69, 9.17) is 5.73 Å². The first-order chi connectivity index (χ1) is 10.6. The number of hydrogen-bond donors (Lipinski definition) is 3. The Balaban J connectivity index is 1.82. The Morgan fingerprint density at radius 1 is 1.09 bits per heavy atom. The summed E-state index contributed by atoms with van der Waals surface area (Å²) in [7, 11) is 0. The zero-order valence-electron chi connectivity index (χ0n) is 12.7. The van der Waals surface area contributed by atoms with Crippen molar-refractivity contribution in [1.29, 1.82) is 0 Å². The van der Waals surface area contributed by atoms with Gasteiger partial charge in [-0.15, -0.1) is 0 Å². The summed E-state index contributed by atoms with van der Waals surface area (Å²) in [5.74, 6) is -0.0732. The highest BCUT2D eigenvalue weighted by Crippen LogP contribution is 2.14. The second kappa shape index (κ2) is 7.73. The Hall–Kier alpha value is -2.17. The first-order valence-electron chi connectivity index (χ1n) is 7.40. The van der Waals surface area contributed by atoms with Gasteiger partial charge < -0.3 is 16.2 Å². The van der Waals surface area contributed by atoms with E-state index in [-0.39, 0.29) is 18.4 Å². The van der Waals surface area contributed by atoms with Crippen LogP contribution in [0.1, 0.15) is 42.2 Å². The van der Waals surface area contributed by atoms with Crippen molar-refractivity contribution in [2.45, 2.75) is 32.0 Å². The molecule has 0 heterocycles. The molecule has 4 N–H and O–H groups in total. The summed E-state index contributed by atoms with van der Waals surface area (Å²) in [4.78, 5) is 11.9. The van der Waals surface area contributed by atoms with E-state index in [0.717, 1.165) is 16.7 Å². The highest BCUT2D eigenvalue weighted by atomic mass is 16.3. The lowest BCUT2D eigenvalue weighted by atomic mass is 10.0. The quantitative estimate of drug-likeness (QED) is 0.767. The van der Waals surface area contributed by atoms with Crippen molar-refractivity contribution in [3.63, 3.8) is 0 Å². The van der Waals surface area contributed by atoms with Crippen LogP contribution in [0.15, 0.2) is 54.6 Å². The van der Waals surface area contributed by atoms with Crippen LogP contribution in [0.5, 0.6) is 0 Å². The molecule has 0 aliphatic rings. The lowest BCUT2D eigenvalue weighted by molar-refractivity contribution is -0.121. The minimum atomic E-state index is -0.479. The normalized spacial score (nSPS) is 13.4. The van der Waals surface area contributed by atoms with Crippen LogP contribution in [0.25, 0.3) is 0 Å². The van der Waals surface area contributed by atoms with E-state index in [1.54, 1.807) is 6.92 Å². The number of carbonyl (C=O) groups excluding carboxylic acids is 1. The zero-order chi connectivity index (χ0) is 15.9. The van der Waals surface area contributed by atoms with Gasteiger partial charge in [0.1, 0.15) is 0 Å². The van der Waals surface area contributed by atoms with Crippen molar-refractivity contribution < 1.29 is 9.90 Å². The highest BCUT2D eigenvalue weighted by Gasteiger charge is 2.11. The van der Waals surface area contributed by atoms with Gasteiger partial charge in [0.05, 0.1) is 6.10 Å². The summed E-state index contributed by atoms with van der Waals surface area (Å²) in [6.07, 6.45) is -0.219. The fraction of sp³-hybridized carbons (Fsp3) is 0.278. The fourth-order valence-corrected chi connectivity index (χ4v) is 2.20. The Kier molecular flexibility index (Phi) is 5.69. The third-order valence-electron chi connectivity index (χ3n) is 3.58. The standard InChI is InChI=1S/C18H22N2O2/c1-13(21)15-9-7-14(8-10-15)12-20-18(22)11-17(19)16-5-3-2-4-6-16/h2-10,13,17,21H,11-12,19H2,1H3,(H,20,22). The van der Waals surface area contributed by atoms with Crippen molar-refractivity contribution >= 4 is 5.91 Å². The summed E-state index contributed by atoms with van der Waals surface area (Å²) in [6, 6.07) is 16.8. The number of nitrogens with two attached hydrogens (primary N) is 1. The molecular formula is C18H22N2O2. The summed E-state index contributed by atoms with van der Waals surface area (Å²) in [6.45, 7) is 2.18. The Morgan fingerprint density at radius 3 is 2.32 bits per heavy atom. The molecule has 0 aromatic heterocycles. The molecule has 2 aromatic carbocycles. The predicted molar refractivity (Wildman–Crippen MR) is 86.9 cm³/mol. The summed E-state index contributed by atoms with van der Waals surface area (Å²) < 4.78 is 0. The monoisotopic (exact) mass is 298 g/mol. The zero-order valence-corrected chi connectivity index (χ0v) is 12.7. The molecule has 2 rings (SSSR count). The van der Waals surface area contributed by atoms with Crippen LogP contribution in [0, 0.1) is 0 Å². The van der Waals surface area contributed by atoms with Crippen LogP contribution in [-0.4, -0.2) is 11.0 Å². The first kappa shape index (κ1) is 16.2. The van der Waals surface area contributed by atoms with Crippen molar-refractivity contribution in [2.24, 2.45) is 5.73 Å². The van der Waals surface area contributed by atoms with Gasteiger partial charge >= 0.3 is 0 Å². The Labute approximate surface area is 131 Å². The largest absolute Gasteiger partial charge is 0.389 e. The van der Waals surface area contributed by atoms with E-state index in [1.807, 2.05) is 54.6 Å². The number of nitrogens with one attached hydrogen (secondary N) is 1. The molecule has 116 valence electrons. The summed E-state index contributed by atoms with van der Waals surface area (Å²) >= 11 is 0. The van der Waals surface area contributed by atoms with Crippen LogP contribution in [0.2, 0.25) is 0 Å². The number of amides is 1. The van der Waals surface area contributed by atoms with E-state index in [2.05, 4.69) is 5.32 Å². The topological polar surface area (TPSA) is 75.3 Å². The third kappa shape index (κ3) is 4.69. The number of hydrogen-bond acceptors (Lipinski definition) is 3. The van der Waals surface area contributed by atoms with E-state index >= 15 is 0 Å². The molecule has 2 unspecified atom stereocenters. The minimum Gasteiger partial charge on any atom is -0.389 e. The molecule has 4 heteroatoms. The second-order valence-electron chi connectivity index (χ2n) is 5.42. The molecule has 1 amide bonds. The van der Waals surface area contributed by atoms with Gasteiger partial charge in [0.2, 0.25) is 5.91 Å². The molecule has 4 nitrogen and oxygen atoms in total. The number of aliphatic hydroxyl groups excluding tert-OH is 1. The number of rotatable bonds is 6. The lowest BCUT2D eigenvalue weighted by Gasteiger charge is -2.12. The number of benzene rings is 2. The molecule has 0 spiro atoms. The van der Waals surface area contributed by atoms with E-state index in [0.29, 0.717) is 6.54 Å². The van der Waals surface area contributed by atoms with Crippen molar-refractivity contribution in [3.8, 4) is 0 Å². The van der Waals surface area contributed by atoms with E-state index in [1.165, 1.54) is 0 Å². The number of carbonyl (C=O) groups is 1. The first-order valence-corrected chi connectivity index (χ1v) is 7.40. The molecule has 0 saturated heterocycles. The molecule has 0 fully saturated rings. The SMILES string of the molecule is CC(O)c1ccc(CNC(=O)CC(N)c2ccccc2)cc1. The van der Waals surface area contributed by atoms with Crippen molar-refractivity contribution in [2.75, 3.05) is 0 Å². The van der Waals surface area contributed by atoms with Crippen LogP contribution in [-0.2, 0) is 11.3 Å². The third-order valence-corrected chi connectivity index (χ3v) is 3.58. The summed E-state index contributed by atoms with van der Waals surface area (Å²) in [5, 5.41) is 12.3. The van der Waals surface area contributed by atoms with Crippen molar-refractivity contribution in [1.82, 2.24) is 5.32 Å². The van der Waals surface area contributed by atoms with Gasteiger partial charge in [-0.25, -0.2) is 0 Å². The lowest BCUT2D eigenvalue weighted by Crippen LogP contribution is -2.27. The van der Waals surface area contributed by atoms with Crippen LogP contribution in [0.4, 0.5) is 0 Å². The molecular weight excluding hydrogens is 276 g/mol. The van der Waals surface area contributed by atoms with Crippen LogP contribution >= 0.6 is 0 Å². The molecule has 0 aliphatic heterocycles. The molecule has 0 radical (unpaired) electrons. The molecule has 0 bridgehead atoms. The van der Waals surface area contributed by atoms with Gasteiger partial charge in [0.25, 0.3) is 0 Å². The second-order valence-corrected chi connectivity index (χ2v) is 5.42. The molecule has 2 atom stereocenters. The number of aliphatic hydroxyl groups is 1. The van der Waals surface area contributed by atoms with E-state index in [9.17, 15) is 9.90 Å². The molecule has 0 aliphatic carbocycles. The molecule has 0 saturated carbocycles. The maximum atomic E-state index is 11.9. The van der Waals surface area contributed by atoms with Gasteiger partial charge in [0, 0.05) is 19.0 Å². The predicted octanol–water partition coefficient (Wildman–Crippen LogP) is 2.45. The van der Waals surface area contributed by atoms with Gasteiger partial charge in [-0.1, -0.05) is 54.6 Å². The van der Waals surface area contributed by atoms with Crippen LogP contribution < -0.4 is 11.1 Å². The highest BCUT2D eigenvalue weighted by molar-refractivity contribution is 5.76. The maximum absolute atomic E-state index is 11.9. The molecule has 2 aromatic rings. The van der Waals surface area contributed by atoms with Gasteiger partial charge in [-0.05, 0) is 23.6 Å². The van der Waals surface area contributed by atoms with Crippen LogP contribution in [0.3, 0.4) is 0 Å². The smallest absolute Gasteiger partial charge is 0.222 e. The fourth-order valence-electron chi connectivity index (χ4n) is 2.20. The Morgan fingerprint density at radius 2 is 1.73 bits per heavy atom. The summed E-state index contributed by atoms with van der Waals surface area (Å²) in [5.41, 5.74) is 8.84.